The van der Waals surface area contributed by atoms with Crippen LogP contribution in [0.5, 0.6) is 0 Å². The molecule has 0 unspecified atom stereocenters. The maximum atomic E-state index is 11.6. The Morgan fingerprint density at radius 1 is 0.800 bits per heavy atom. The number of hydrogen-bond donors (Lipinski definition) is 0. The van der Waals surface area contributed by atoms with Gasteiger partial charge in [0.1, 0.15) is 11.2 Å². The highest BCUT2D eigenvalue weighted by Crippen LogP contribution is 2.35. The summed E-state index contributed by atoms with van der Waals surface area (Å²) in [6.07, 6.45) is 1.76. The highest BCUT2D eigenvalue weighted by atomic mass is 16.4. The van der Waals surface area contributed by atoms with E-state index in [4.69, 9.17) is 8.83 Å². The van der Waals surface area contributed by atoms with Gasteiger partial charge in [-0.1, -0.05) is 36.4 Å². The number of aryl methyl sites for hydroxylation is 1. The van der Waals surface area contributed by atoms with Crippen molar-refractivity contribution < 1.29 is 8.83 Å². The summed E-state index contributed by atoms with van der Waals surface area (Å²) >= 11 is 0. The Balaban J connectivity index is 1.80. The summed E-state index contributed by atoms with van der Waals surface area (Å²) in [6.45, 7) is 1.92. The van der Waals surface area contributed by atoms with Gasteiger partial charge in [0.05, 0.1) is 6.26 Å². The molecule has 2 heterocycles. The Morgan fingerprint density at radius 2 is 1.64 bits per heavy atom. The average Bonchev–Trinajstić information content (AvgIpc) is 3.02. The largest absolute Gasteiger partial charge is 0.464 e. The zero-order valence-corrected chi connectivity index (χ0v) is 13.6. The standard InChI is InChI=1S/C22H14O3/c1-13-8-22(23)25-21-11-20-18(10-17(13)21)19(12-24-20)16-7-6-14-4-2-3-5-15(14)9-16/h2-12H,1H3. The van der Waals surface area contributed by atoms with Gasteiger partial charge in [0, 0.05) is 28.5 Å². The van der Waals surface area contributed by atoms with Gasteiger partial charge in [0.15, 0.2) is 0 Å². The lowest BCUT2D eigenvalue weighted by Gasteiger charge is -2.04. The second kappa shape index (κ2) is 5.08. The Hall–Kier alpha value is -3.33. The molecule has 120 valence electrons. The topological polar surface area (TPSA) is 43.4 Å². The Bertz CT molecular complexity index is 1320. The summed E-state index contributed by atoms with van der Waals surface area (Å²) in [6, 6.07) is 20.0. The van der Waals surface area contributed by atoms with Crippen molar-refractivity contribution in [3.63, 3.8) is 0 Å². The van der Waals surface area contributed by atoms with E-state index in [2.05, 4.69) is 30.3 Å². The normalized spacial score (nSPS) is 11.6. The fraction of sp³-hybridized carbons (Fsp3) is 0.0455. The van der Waals surface area contributed by atoms with Crippen molar-refractivity contribution in [2.45, 2.75) is 6.92 Å². The smallest absolute Gasteiger partial charge is 0.336 e. The Morgan fingerprint density at radius 3 is 2.52 bits per heavy atom. The molecule has 0 bridgehead atoms. The molecule has 0 saturated heterocycles. The maximum Gasteiger partial charge on any atom is 0.336 e. The molecule has 0 spiro atoms. The first-order valence-electron chi connectivity index (χ1n) is 8.14. The minimum Gasteiger partial charge on any atom is -0.464 e. The molecule has 3 nitrogen and oxygen atoms in total. The monoisotopic (exact) mass is 326 g/mol. The molecule has 25 heavy (non-hydrogen) atoms. The van der Waals surface area contributed by atoms with Crippen molar-refractivity contribution >= 4 is 32.7 Å². The zero-order chi connectivity index (χ0) is 17.0. The first-order valence-corrected chi connectivity index (χ1v) is 8.14. The van der Waals surface area contributed by atoms with Crippen molar-refractivity contribution in [1.29, 1.82) is 0 Å². The van der Waals surface area contributed by atoms with Crippen LogP contribution in [-0.4, -0.2) is 0 Å². The first-order chi connectivity index (χ1) is 12.2. The molecule has 3 heteroatoms. The molecule has 5 aromatic rings. The van der Waals surface area contributed by atoms with Gasteiger partial charge in [-0.3, -0.25) is 0 Å². The van der Waals surface area contributed by atoms with E-state index in [1.165, 1.54) is 16.8 Å². The van der Waals surface area contributed by atoms with Gasteiger partial charge in [-0.15, -0.1) is 0 Å². The van der Waals surface area contributed by atoms with Crippen LogP contribution in [0.3, 0.4) is 0 Å². The molecule has 0 saturated carbocycles. The van der Waals surface area contributed by atoms with Crippen LogP contribution >= 0.6 is 0 Å². The van der Waals surface area contributed by atoms with Crippen molar-refractivity contribution in [2.24, 2.45) is 0 Å². The van der Waals surface area contributed by atoms with E-state index in [9.17, 15) is 4.79 Å². The van der Waals surface area contributed by atoms with Gasteiger partial charge >= 0.3 is 5.63 Å². The summed E-state index contributed by atoms with van der Waals surface area (Å²) in [5.74, 6) is 0. The molecule has 0 atom stereocenters. The lowest BCUT2D eigenvalue weighted by Crippen LogP contribution is -1.97. The van der Waals surface area contributed by atoms with E-state index in [1.54, 1.807) is 12.3 Å². The van der Waals surface area contributed by atoms with Crippen LogP contribution < -0.4 is 5.63 Å². The van der Waals surface area contributed by atoms with E-state index in [-0.39, 0.29) is 5.63 Å². The highest BCUT2D eigenvalue weighted by molar-refractivity contribution is 6.03. The van der Waals surface area contributed by atoms with Crippen molar-refractivity contribution in [3.05, 3.63) is 82.9 Å². The minimum absolute atomic E-state index is 0.342. The first kappa shape index (κ1) is 14.1. The molecule has 5 rings (SSSR count). The predicted octanol–water partition coefficient (Wildman–Crippen LogP) is 5.67. The molecule has 0 aliphatic carbocycles. The third kappa shape index (κ3) is 2.17. The molecule has 0 aliphatic heterocycles. The van der Waals surface area contributed by atoms with Gasteiger partial charge in [-0.2, -0.15) is 0 Å². The number of benzene rings is 3. The summed E-state index contributed by atoms with van der Waals surface area (Å²) in [7, 11) is 0. The van der Waals surface area contributed by atoms with Gasteiger partial charge in [0.2, 0.25) is 0 Å². The van der Waals surface area contributed by atoms with Gasteiger partial charge in [-0.05, 0) is 41.0 Å². The third-order valence-corrected chi connectivity index (χ3v) is 4.71. The number of rotatable bonds is 1. The molecule has 0 fully saturated rings. The summed E-state index contributed by atoms with van der Waals surface area (Å²) < 4.78 is 11.0. The molecule has 0 radical (unpaired) electrons. The maximum absolute atomic E-state index is 11.6. The van der Waals surface area contributed by atoms with Crippen molar-refractivity contribution in [1.82, 2.24) is 0 Å². The Labute approximate surface area is 143 Å². The van der Waals surface area contributed by atoms with Crippen LogP contribution in [-0.2, 0) is 0 Å². The molecule has 2 aromatic heterocycles. The third-order valence-electron chi connectivity index (χ3n) is 4.71. The number of hydrogen-bond acceptors (Lipinski definition) is 3. The lowest BCUT2D eigenvalue weighted by molar-refractivity contribution is 0.558. The van der Waals surface area contributed by atoms with Crippen LogP contribution in [0.2, 0.25) is 0 Å². The number of furan rings is 1. The minimum atomic E-state index is -0.342. The van der Waals surface area contributed by atoms with Crippen molar-refractivity contribution in [2.75, 3.05) is 0 Å². The quantitative estimate of drug-likeness (QED) is 0.373. The fourth-order valence-electron chi connectivity index (χ4n) is 3.42. The van der Waals surface area contributed by atoms with E-state index in [0.717, 1.165) is 27.5 Å². The summed E-state index contributed by atoms with van der Waals surface area (Å²) in [4.78, 5) is 11.6. The van der Waals surface area contributed by atoms with E-state index < -0.39 is 0 Å². The predicted molar refractivity (Wildman–Crippen MR) is 99.9 cm³/mol. The summed E-state index contributed by atoms with van der Waals surface area (Å²) in [5, 5.41) is 4.34. The van der Waals surface area contributed by atoms with Gasteiger partial charge < -0.3 is 8.83 Å². The SMILES string of the molecule is Cc1cc(=O)oc2cc3occ(-c4ccc5ccccc5c4)c3cc12. The van der Waals surface area contributed by atoms with E-state index >= 15 is 0 Å². The summed E-state index contributed by atoms with van der Waals surface area (Å²) in [5.41, 5.74) is 3.96. The molecule has 3 aromatic carbocycles. The molecule has 0 amide bonds. The van der Waals surface area contributed by atoms with Gasteiger partial charge in [0.25, 0.3) is 0 Å². The van der Waals surface area contributed by atoms with Crippen LogP contribution in [0.1, 0.15) is 5.56 Å². The van der Waals surface area contributed by atoms with Crippen molar-refractivity contribution in [3.8, 4) is 11.1 Å². The molecule has 0 N–H and O–H groups in total. The van der Waals surface area contributed by atoms with Gasteiger partial charge in [-0.25, -0.2) is 4.79 Å². The second-order valence-electron chi connectivity index (χ2n) is 6.30. The highest BCUT2D eigenvalue weighted by Gasteiger charge is 2.12. The van der Waals surface area contributed by atoms with Crippen LogP contribution in [0.4, 0.5) is 0 Å². The fourth-order valence-corrected chi connectivity index (χ4v) is 3.42. The van der Waals surface area contributed by atoms with Crippen LogP contribution in [0.25, 0.3) is 43.8 Å². The second-order valence-corrected chi connectivity index (χ2v) is 6.30. The lowest BCUT2D eigenvalue weighted by atomic mass is 9.99. The molecule has 0 aliphatic rings. The number of fused-ring (bicyclic) bond motifs is 3. The average molecular weight is 326 g/mol. The van der Waals surface area contributed by atoms with Crippen LogP contribution in [0.15, 0.2) is 80.6 Å². The molecular weight excluding hydrogens is 312 g/mol. The Kier molecular flexibility index (Phi) is 2.86. The van der Waals surface area contributed by atoms with Crippen LogP contribution in [0, 0.1) is 6.92 Å². The zero-order valence-electron chi connectivity index (χ0n) is 13.6. The van der Waals surface area contributed by atoms with E-state index in [0.29, 0.717) is 11.2 Å². The van der Waals surface area contributed by atoms with E-state index in [1.807, 2.05) is 25.1 Å². The molecular formula is C22H14O3.